The summed E-state index contributed by atoms with van der Waals surface area (Å²) >= 11 is 0. The first-order valence-corrected chi connectivity index (χ1v) is 15.3. The lowest BCUT2D eigenvalue weighted by Gasteiger charge is -2.41. The van der Waals surface area contributed by atoms with Crippen LogP contribution in [-0.4, -0.2) is 19.3 Å². The molecular weight excluding hydrogens is 454 g/mol. The number of ether oxygens (including phenoxy) is 2. The fraction of sp³-hybridized carbons (Fsp3) is 0.812. The molecule has 4 heteroatoms. The SMILES string of the molecule is CCCCOc1ccc(CCC2CCC(C3CCC(C4CCC(CCC)CC4)CC3)OC2)c(F)c1F. The summed E-state index contributed by atoms with van der Waals surface area (Å²) in [6.45, 7) is 5.57. The number of unbranched alkanes of at least 4 members (excludes halogenated alkanes) is 1. The molecule has 4 rings (SSSR count). The van der Waals surface area contributed by atoms with Gasteiger partial charge in [0, 0.05) is 6.61 Å². The summed E-state index contributed by atoms with van der Waals surface area (Å²) in [4.78, 5) is 0. The second-order valence-electron chi connectivity index (χ2n) is 12.2. The summed E-state index contributed by atoms with van der Waals surface area (Å²) in [6.07, 6.45) is 20.1. The van der Waals surface area contributed by atoms with E-state index in [9.17, 15) is 8.78 Å². The van der Waals surface area contributed by atoms with Crippen LogP contribution in [0.25, 0.3) is 0 Å². The Kier molecular flexibility index (Phi) is 10.9. The third-order valence-electron chi connectivity index (χ3n) is 9.71. The Morgan fingerprint density at radius 2 is 1.42 bits per heavy atom. The predicted octanol–water partition coefficient (Wildman–Crippen LogP) is 9.28. The average Bonchev–Trinajstić information content (AvgIpc) is 2.92. The van der Waals surface area contributed by atoms with Crippen molar-refractivity contribution in [2.75, 3.05) is 13.2 Å². The van der Waals surface area contributed by atoms with Crippen molar-refractivity contribution in [2.24, 2.45) is 29.6 Å². The third-order valence-corrected chi connectivity index (χ3v) is 9.71. The normalized spacial score (nSPS) is 31.3. The minimum atomic E-state index is -0.840. The zero-order chi connectivity index (χ0) is 25.3. The highest BCUT2D eigenvalue weighted by Gasteiger charge is 2.35. The van der Waals surface area contributed by atoms with Gasteiger partial charge in [0.25, 0.3) is 0 Å². The molecule has 1 saturated heterocycles. The Hall–Kier alpha value is -1.16. The highest BCUT2D eigenvalue weighted by atomic mass is 19.2. The van der Waals surface area contributed by atoms with Gasteiger partial charge in [-0.2, -0.15) is 4.39 Å². The molecule has 3 aliphatic rings. The topological polar surface area (TPSA) is 18.5 Å². The summed E-state index contributed by atoms with van der Waals surface area (Å²) < 4.78 is 40.7. The maximum absolute atomic E-state index is 14.6. The number of benzene rings is 1. The monoisotopic (exact) mass is 504 g/mol. The molecule has 0 radical (unpaired) electrons. The molecule has 1 heterocycles. The summed E-state index contributed by atoms with van der Waals surface area (Å²) in [5.41, 5.74) is 0.458. The quantitative estimate of drug-likeness (QED) is 0.280. The molecule has 0 amide bonds. The van der Waals surface area contributed by atoms with Gasteiger partial charge in [-0.1, -0.05) is 52.0 Å². The molecular formula is C32H50F2O2. The van der Waals surface area contributed by atoms with E-state index >= 15 is 0 Å². The van der Waals surface area contributed by atoms with Crippen LogP contribution in [0.3, 0.4) is 0 Å². The summed E-state index contributed by atoms with van der Waals surface area (Å²) in [7, 11) is 0. The van der Waals surface area contributed by atoms with Gasteiger partial charge in [-0.3, -0.25) is 0 Å². The van der Waals surface area contributed by atoms with Crippen LogP contribution in [0.1, 0.15) is 116 Å². The summed E-state index contributed by atoms with van der Waals surface area (Å²) in [6, 6.07) is 3.28. The molecule has 204 valence electrons. The molecule has 1 aromatic rings. The Bertz CT molecular complexity index is 773. The molecule has 0 spiro atoms. The Labute approximate surface area is 218 Å². The van der Waals surface area contributed by atoms with Gasteiger partial charge in [0.2, 0.25) is 5.82 Å². The van der Waals surface area contributed by atoms with Crippen molar-refractivity contribution in [1.29, 1.82) is 0 Å². The van der Waals surface area contributed by atoms with Crippen molar-refractivity contribution in [2.45, 2.75) is 123 Å². The number of rotatable bonds is 11. The molecule has 2 nitrogen and oxygen atoms in total. The first kappa shape index (κ1) is 27.9. The van der Waals surface area contributed by atoms with Gasteiger partial charge in [0.05, 0.1) is 12.7 Å². The molecule has 0 aromatic heterocycles. The summed E-state index contributed by atoms with van der Waals surface area (Å²) in [5.74, 6) is 2.57. The van der Waals surface area contributed by atoms with Crippen LogP contribution in [-0.2, 0) is 11.2 Å². The van der Waals surface area contributed by atoms with E-state index in [1.54, 1.807) is 12.1 Å². The van der Waals surface area contributed by atoms with E-state index in [-0.39, 0.29) is 5.75 Å². The van der Waals surface area contributed by atoms with Crippen molar-refractivity contribution in [3.8, 4) is 5.75 Å². The van der Waals surface area contributed by atoms with E-state index in [4.69, 9.17) is 9.47 Å². The van der Waals surface area contributed by atoms with Crippen LogP contribution in [0.2, 0.25) is 0 Å². The van der Waals surface area contributed by atoms with Crippen LogP contribution in [0.4, 0.5) is 8.78 Å². The lowest BCUT2D eigenvalue weighted by molar-refractivity contribution is -0.0617. The fourth-order valence-electron chi connectivity index (χ4n) is 7.33. The lowest BCUT2D eigenvalue weighted by Crippen LogP contribution is -2.35. The molecule has 2 saturated carbocycles. The van der Waals surface area contributed by atoms with Crippen LogP contribution in [0, 0.1) is 41.2 Å². The minimum Gasteiger partial charge on any atom is -0.490 e. The van der Waals surface area contributed by atoms with E-state index in [2.05, 4.69) is 6.92 Å². The highest BCUT2D eigenvalue weighted by Crippen LogP contribution is 2.44. The number of aryl methyl sites for hydroxylation is 1. The maximum atomic E-state index is 14.6. The predicted molar refractivity (Wildman–Crippen MR) is 143 cm³/mol. The van der Waals surface area contributed by atoms with Crippen LogP contribution in [0.15, 0.2) is 12.1 Å². The van der Waals surface area contributed by atoms with Gasteiger partial charge in [-0.05, 0) is 112 Å². The number of halogens is 2. The largest absolute Gasteiger partial charge is 0.490 e. The van der Waals surface area contributed by atoms with E-state index < -0.39 is 11.6 Å². The zero-order valence-corrected chi connectivity index (χ0v) is 22.9. The fourth-order valence-corrected chi connectivity index (χ4v) is 7.33. The Morgan fingerprint density at radius 1 is 0.750 bits per heavy atom. The molecule has 1 aromatic carbocycles. The van der Waals surface area contributed by atoms with Gasteiger partial charge in [-0.25, -0.2) is 4.39 Å². The van der Waals surface area contributed by atoms with Gasteiger partial charge >= 0.3 is 0 Å². The standard InChI is InChI=1S/C32H50F2O2/c1-3-5-21-35-30-20-18-28(31(33)32(30)34)13-9-24-10-19-29(36-22-24)27-16-14-26(15-17-27)25-11-7-23(6-4-2)8-12-25/h18,20,23-27,29H,3-17,19,21-22H2,1-2H3. The second-order valence-corrected chi connectivity index (χ2v) is 12.2. The van der Waals surface area contributed by atoms with Gasteiger partial charge < -0.3 is 9.47 Å². The van der Waals surface area contributed by atoms with Gasteiger partial charge in [0.1, 0.15) is 0 Å². The van der Waals surface area contributed by atoms with Crippen LogP contribution < -0.4 is 4.74 Å². The second kappa shape index (κ2) is 14.1. The van der Waals surface area contributed by atoms with Crippen molar-refractivity contribution < 1.29 is 18.3 Å². The molecule has 2 unspecified atom stereocenters. The van der Waals surface area contributed by atoms with E-state index in [1.165, 1.54) is 64.2 Å². The minimum absolute atomic E-state index is 0.0347. The van der Waals surface area contributed by atoms with Crippen molar-refractivity contribution in [1.82, 2.24) is 0 Å². The van der Waals surface area contributed by atoms with Gasteiger partial charge in [-0.15, -0.1) is 0 Å². The molecule has 2 atom stereocenters. The zero-order valence-electron chi connectivity index (χ0n) is 22.9. The van der Waals surface area contributed by atoms with E-state index in [0.29, 0.717) is 30.6 Å². The van der Waals surface area contributed by atoms with Crippen molar-refractivity contribution >= 4 is 0 Å². The number of hydrogen-bond acceptors (Lipinski definition) is 2. The lowest BCUT2D eigenvalue weighted by atomic mass is 9.67. The molecule has 2 aliphatic carbocycles. The van der Waals surface area contributed by atoms with Gasteiger partial charge in [0.15, 0.2) is 11.6 Å². The molecule has 0 bridgehead atoms. The van der Waals surface area contributed by atoms with Crippen molar-refractivity contribution in [3.63, 3.8) is 0 Å². The molecule has 3 fully saturated rings. The maximum Gasteiger partial charge on any atom is 0.200 e. The number of hydrogen-bond donors (Lipinski definition) is 0. The van der Waals surface area contributed by atoms with Crippen LogP contribution in [0.5, 0.6) is 5.75 Å². The van der Waals surface area contributed by atoms with Crippen LogP contribution >= 0.6 is 0 Å². The Morgan fingerprint density at radius 3 is 2.06 bits per heavy atom. The summed E-state index contributed by atoms with van der Waals surface area (Å²) in [5, 5.41) is 0. The molecule has 0 N–H and O–H groups in total. The first-order chi connectivity index (χ1) is 17.6. The average molecular weight is 505 g/mol. The Balaban J connectivity index is 1.15. The molecule has 36 heavy (non-hydrogen) atoms. The highest BCUT2D eigenvalue weighted by molar-refractivity contribution is 5.31. The first-order valence-electron chi connectivity index (χ1n) is 15.3. The van der Waals surface area contributed by atoms with E-state index in [1.807, 2.05) is 6.92 Å². The van der Waals surface area contributed by atoms with E-state index in [0.717, 1.165) is 62.4 Å². The van der Waals surface area contributed by atoms with Crippen molar-refractivity contribution in [3.05, 3.63) is 29.3 Å². The molecule has 1 aliphatic heterocycles. The third kappa shape index (κ3) is 7.45. The smallest absolute Gasteiger partial charge is 0.200 e.